The maximum absolute atomic E-state index is 12.4. The molecular weight excluding hydrogens is 328 g/mol. The molecule has 98 valence electrons. The Morgan fingerprint density at radius 1 is 1.16 bits per heavy atom. The lowest BCUT2D eigenvalue weighted by molar-refractivity contribution is 0.103. The Labute approximate surface area is 125 Å². The molecule has 0 atom stereocenters. The molecule has 0 saturated carbocycles. The molecule has 0 radical (unpaired) electrons. The van der Waals surface area contributed by atoms with Crippen LogP contribution in [0.5, 0.6) is 5.75 Å². The largest absolute Gasteiger partial charge is 0.492 e. The van der Waals surface area contributed by atoms with E-state index in [2.05, 4.69) is 15.9 Å². The molecule has 2 aromatic rings. The zero-order valence-electron chi connectivity index (χ0n) is 10.1. The number of halogens is 2. The van der Waals surface area contributed by atoms with E-state index in [-0.39, 0.29) is 5.78 Å². The van der Waals surface area contributed by atoms with E-state index in [0.29, 0.717) is 33.8 Å². The van der Waals surface area contributed by atoms with E-state index in [1.807, 2.05) is 18.2 Å². The van der Waals surface area contributed by atoms with Gasteiger partial charge in [-0.1, -0.05) is 57.9 Å². The van der Waals surface area contributed by atoms with E-state index in [1.165, 1.54) is 0 Å². The smallest absolute Gasteiger partial charge is 0.196 e. The molecule has 19 heavy (non-hydrogen) atoms. The summed E-state index contributed by atoms with van der Waals surface area (Å²) in [7, 11) is 0. The van der Waals surface area contributed by atoms with Gasteiger partial charge >= 0.3 is 0 Å². The van der Waals surface area contributed by atoms with E-state index in [4.69, 9.17) is 16.3 Å². The molecule has 4 heteroatoms. The van der Waals surface area contributed by atoms with Crippen LogP contribution < -0.4 is 4.74 Å². The Hall–Kier alpha value is -1.32. The molecule has 0 aliphatic carbocycles. The summed E-state index contributed by atoms with van der Waals surface area (Å²) in [5.41, 5.74) is 1.10. The van der Waals surface area contributed by atoms with Gasteiger partial charge in [0.05, 0.1) is 12.2 Å². The van der Waals surface area contributed by atoms with Gasteiger partial charge in [-0.2, -0.15) is 0 Å². The van der Waals surface area contributed by atoms with Crippen molar-refractivity contribution in [1.29, 1.82) is 0 Å². The summed E-state index contributed by atoms with van der Waals surface area (Å²) in [4.78, 5) is 12.4. The number of rotatable bonds is 5. The Morgan fingerprint density at radius 2 is 1.89 bits per heavy atom. The molecule has 0 amide bonds. The minimum Gasteiger partial charge on any atom is -0.492 e. The molecule has 0 spiro atoms. The summed E-state index contributed by atoms with van der Waals surface area (Å²) in [6, 6.07) is 14.2. The van der Waals surface area contributed by atoms with Crippen molar-refractivity contribution in [3.05, 3.63) is 64.7 Å². The quantitative estimate of drug-likeness (QED) is 0.598. The predicted molar refractivity (Wildman–Crippen MR) is 80.6 cm³/mol. The van der Waals surface area contributed by atoms with Crippen molar-refractivity contribution in [3.63, 3.8) is 0 Å². The van der Waals surface area contributed by atoms with Gasteiger partial charge in [0.2, 0.25) is 0 Å². The topological polar surface area (TPSA) is 26.3 Å². The van der Waals surface area contributed by atoms with Crippen LogP contribution in [0.1, 0.15) is 15.9 Å². The lowest BCUT2D eigenvalue weighted by Gasteiger charge is -2.10. The van der Waals surface area contributed by atoms with Crippen molar-refractivity contribution in [1.82, 2.24) is 0 Å². The number of benzene rings is 2. The van der Waals surface area contributed by atoms with Gasteiger partial charge in [0, 0.05) is 15.9 Å². The fourth-order valence-corrected chi connectivity index (χ4v) is 2.03. The highest BCUT2D eigenvalue weighted by atomic mass is 79.9. The third-order valence-electron chi connectivity index (χ3n) is 2.56. The Kier molecular flexibility index (Phi) is 5.00. The molecule has 0 unspecified atom stereocenters. The van der Waals surface area contributed by atoms with Gasteiger partial charge in [-0.05, 0) is 18.2 Å². The van der Waals surface area contributed by atoms with Crippen LogP contribution in [0.2, 0.25) is 5.02 Å². The fourth-order valence-electron chi connectivity index (χ4n) is 1.70. The number of hydrogen-bond acceptors (Lipinski definition) is 2. The highest BCUT2D eigenvalue weighted by Crippen LogP contribution is 2.25. The average molecular weight is 340 g/mol. The monoisotopic (exact) mass is 338 g/mol. The number of alkyl halides is 1. The van der Waals surface area contributed by atoms with E-state index >= 15 is 0 Å². The van der Waals surface area contributed by atoms with E-state index in [1.54, 1.807) is 30.3 Å². The summed E-state index contributed by atoms with van der Waals surface area (Å²) < 4.78 is 5.56. The van der Waals surface area contributed by atoms with Gasteiger partial charge in [0.1, 0.15) is 5.75 Å². The number of carbonyl (C=O) groups excluding carboxylic acids is 1. The van der Waals surface area contributed by atoms with Crippen LogP contribution in [0, 0.1) is 0 Å². The predicted octanol–water partition coefficient (Wildman–Crippen LogP) is 4.34. The first-order chi connectivity index (χ1) is 9.22. The zero-order chi connectivity index (χ0) is 13.7. The van der Waals surface area contributed by atoms with Gasteiger partial charge in [-0.25, -0.2) is 0 Å². The molecule has 2 rings (SSSR count). The first-order valence-electron chi connectivity index (χ1n) is 5.80. The standard InChI is InChI=1S/C15H12BrClO2/c16-8-9-19-14-7-6-12(17)10-13(14)15(18)11-4-2-1-3-5-11/h1-7,10H,8-9H2. The van der Waals surface area contributed by atoms with Gasteiger partial charge in [-0.15, -0.1) is 0 Å². The van der Waals surface area contributed by atoms with Gasteiger partial charge in [0.25, 0.3) is 0 Å². The van der Waals surface area contributed by atoms with Gasteiger partial charge in [-0.3, -0.25) is 4.79 Å². The molecule has 0 fully saturated rings. The summed E-state index contributed by atoms with van der Waals surface area (Å²) >= 11 is 9.26. The second-order valence-corrected chi connectivity index (χ2v) is 5.10. The molecular formula is C15H12BrClO2. The van der Waals surface area contributed by atoms with E-state index in [0.717, 1.165) is 0 Å². The number of ketones is 1. The first kappa shape index (κ1) is 14.1. The van der Waals surface area contributed by atoms with Crippen LogP contribution in [0.3, 0.4) is 0 Å². The SMILES string of the molecule is O=C(c1ccccc1)c1cc(Cl)ccc1OCCBr. The lowest BCUT2D eigenvalue weighted by atomic mass is 10.0. The van der Waals surface area contributed by atoms with Crippen molar-refractivity contribution >= 4 is 33.3 Å². The highest BCUT2D eigenvalue weighted by Gasteiger charge is 2.15. The summed E-state index contributed by atoms with van der Waals surface area (Å²) in [6.45, 7) is 0.497. The molecule has 0 aliphatic rings. The molecule has 0 aliphatic heterocycles. The molecule has 2 nitrogen and oxygen atoms in total. The zero-order valence-corrected chi connectivity index (χ0v) is 12.4. The van der Waals surface area contributed by atoms with Crippen LogP contribution in [0.4, 0.5) is 0 Å². The molecule has 0 N–H and O–H groups in total. The normalized spacial score (nSPS) is 10.2. The number of ether oxygens (including phenoxy) is 1. The third-order valence-corrected chi connectivity index (χ3v) is 3.12. The van der Waals surface area contributed by atoms with Crippen molar-refractivity contribution < 1.29 is 9.53 Å². The van der Waals surface area contributed by atoms with Crippen molar-refractivity contribution in [2.24, 2.45) is 0 Å². The summed E-state index contributed by atoms with van der Waals surface area (Å²) in [5.74, 6) is 0.463. The molecule has 0 heterocycles. The number of carbonyl (C=O) groups is 1. The fraction of sp³-hybridized carbons (Fsp3) is 0.133. The third kappa shape index (κ3) is 3.58. The Bertz CT molecular complexity index is 570. The molecule has 0 bridgehead atoms. The van der Waals surface area contributed by atoms with Crippen LogP contribution >= 0.6 is 27.5 Å². The Balaban J connectivity index is 2.37. The van der Waals surface area contributed by atoms with E-state index < -0.39 is 0 Å². The van der Waals surface area contributed by atoms with Crippen molar-refractivity contribution in [3.8, 4) is 5.75 Å². The van der Waals surface area contributed by atoms with E-state index in [9.17, 15) is 4.79 Å². The second kappa shape index (κ2) is 6.73. The first-order valence-corrected chi connectivity index (χ1v) is 7.30. The maximum atomic E-state index is 12.4. The Morgan fingerprint density at radius 3 is 2.58 bits per heavy atom. The molecule has 0 aromatic heterocycles. The summed E-state index contributed by atoms with van der Waals surface area (Å²) in [6.07, 6.45) is 0. The highest BCUT2D eigenvalue weighted by molar-refractivity contribution is 9.09. The van der Waals surface area contributed by atoms with Crippen molar-refractivity contribution in [2.45, 2.75) is 0 Å². The van der Waals surface area contributed by atoms with Crippen LogP contribution in [0.15, 0.2) is 48.5 Å². The minimum atomic E-state index is -0.0901. The van der Waals surface area contributed by atoms with Crippen LogP contribution in [-0.2, 0) is 0 Å². The van der Waals surface area contributed by atoms with Gasteiger partial charge in [0.15, 0.2) is 5.78 Å². The van der Waals surface area contributed by atoms with Gasteiger partial charge < -0.3 is 4.74 Å². The lowest BCUT2D eigenvalue weighted by Crippen LogP contribution is -2.07. The minimum absolute atomic E-state index is 0.0901. The van der Waals surface area contributed by atoms with Crippen LogP contribution in [-0.4, -0.2) is 17.7 Å². The second-order valence-electron chi connectivity index (χ2n) is 3.87. The van der Waals surface area contributed by atoms with Crippen LogP contribution in [0.25, 0.3) is 0 Å². The summed E-state index contributed by atoms with van der Waals surface area (Å²) in [5, 5.41) is 1.22. The number of hydrogen-bond donors (Lipinski definition) is 0. The average Bonchev–Trinajstić information content (AvgIpc) is 2.46. The van der Waals surface area contributed by atoms with Crippen molar-refractivity contribution in [2.75, 3.05) is 11.9 Å². The molecule has 2 aromatic carbocycles. The maximum Gasteiger partial charge on any atom is 0.196 e. The molecule has 0 saturated heterocycles.